The maximum absolute atomic E-state index is 8.93. The van der Waals surface area contributed by atoms with Gasteiger partial charge in [-0.1, -0.05) is 18.3 Å². The van der Waals surface area contributed by atoms with E-state index in [9.17, 15) is 0 Å². The van der Waals surface area contributed by atoms with Crippen molar-refractivity contribution in [1.29, 1.82) is 5.26 Å². The van der Waals surface area contributed by atoms with Gasteiger partial charge in [-0.3, -0.25) is 0 Å². The molecular weight excluding hydrogens is 260 g/mol. The Hall–Kier alpha value is -2.06. The normalized spacial score (nSPS) is 10.7. The molecule has 0 fully saturated rings. The Morgan fingerprint density at radius 3 is 2.47 bits per heavy atom. The summed E-state index contributed by atoms with van der Waals surface area (Å²) in [4.78, 5) is 0.0781. The van der Waals surface area contributed by atoms with Gasteiger partial charge in [-0.15, -0.1) is 0 Å². The second kappa shape index (κ2) is 7.39. The van der Waals surface area contributed by atoms with Crippen LogP contribution in [0.2, 0.25) is 0 Å². The van der Waals surface area contributed by atoms with Crippen LogP contribution in [0.5, 0.6) is 11.5 Å². The number of nitriles is 1. The molecule has 2 N–H and O–H groups in total. The second-order valence-electron chi connectivity index (χ2n) is 3.61. The van der Waals surface area contributed by atoms with E-state index in [0.29, 0.717) is 24.7 Å². The number of hydrogen-bond acceptors (Lipinski definition) is 4. The lowest BCUT2D eigenvalue weighted by molar-refractivity contribution is 0.287. The molecule has 100 valence electrons. The van der Waals surface area contributed by atoms with Gasteiger partial charge in [-0.25, -0.2) is 0 Å². The van der Waals surface area contributed by atoms with Gasteiger partial charge in [0.15, 0.2) is 11.5 Å². The molecule has 0 saturated carbocycles. The summed E-state index contributed by atoms with van der Waals surface area (Å²) in [6, 6.07) is 7.38. The topological polar surface area (TPSA) is 68.3 Å². The summed E-state index contributed by atoms with van der Waals surface area (Å²) in [5.41, 5.74) is 6.51. The summed E-state index contributed by atoms with van der Waals surface area (Å²) in [5, 5.41) is 8.93. The number of thiocarbonyl (C=S) groups is 1. The highest BCUT2D eigenvalue weighted by Gasteiger charge is 2.06. The maximum atomic E-state index is 8.93. The van der Waals surface area contributed by atoms with E-state index in [-0.39, 0.29) is 10.6 Å². The van der Waals surface area contributed by atoms with Gasteiger partial charge in [0.1, 0.15) is 11.1 Å². The van der Waals surface area contributed by atoms with Gasteiger partial charge in [0, 0.05) is 0 Å². The molecular formula is C14H16N2O2S. The van der Waals surface area contributed by atoms with E-state index < -0.39 is 0 Å². The van der Waals surface area contributed by atoms with Gasteiger partial charge in [-0.05, 0) is 37.6 Å². The fourth-order valence-electron chi connectivity index (χ4n) is 1.48. The Kier molecular flexibility index (Phi) is 5.83. The molecule has 0 unspecified atom stereocenters. The van der Waals surface area contributed by atoms with Crippen LogP contribution in [0, 0.1) is 11.3 Å². The third kappa shape index (κ3) is 4.27. The van der Waals surface area contributed by atoms with Crippen molar-refractivity contribution in [3.8, 4) is 17.6 Å². The number of ether oxygens (including phenoxy) is 2. The minimum Gasteiger partial charge on any atom is -0.490 e. The van der Waals surface area contributed by atoms with Crippen LogP contribution in [0.1, 0.15) is 19.4 Å². The molecule has 0 spiro atoms. The van der Waals surface area contributed by atoms with E-state index in [1.807, 2.05) is 26.0 Å². The second-order valence-corrected chi connectivity index (χ2v) is 4.05. The Morgan fingerprint density at radius 1 is 1.32 bits per heavy atom. The van der Waals surface area contributed by atoms with E-state index in [4.69, 9.17) is 32.7 Å². The molecule has 1 aromatic rings. The summed E-state index contributed by atoms with van der Waals surface area (Å²) in [5.74, 6) is 1.31. The predicted octanol–water partition coefficient (Wildman–Crippen LogP) is 2.68. The van der Waals surface area contributed by atoms with E-state index in [2.05, 4.69) is 0 Å². The Morgan fingerprint density at radius 2 is 1.95 bits per heavy atom. The zero-order valence-electron chi connectivity index (χ0n) is 11.0. The summed E-state index contributed by atoms with van der Waals surface area (Å²) in [6.07, 6.45) is 1.63. The Balaban J connectivity index is 3.14. The van der Waals surface area contributed by atoms with Crippen LogP contribution in [0.15, 0.2) is 23.8 Å². The number of nitrogens with two attached hydrogens (primary N) is 1. The third-order valence-electron chi connectivity index (χ3n) is 2.26. The van der Waals surface area contributed by atoms with E-state index in [1.54, 1.807) is 18.2 Å². The number of hydrogen-bond donors (Lipinski definition) is 1. The molecule has 0 heterocycles. The molecule has 0 radical (unpaired) electrons. The van der Waals surface area contributed by atoms with Gasteiger partial charge in [0.05, 0.1) is 18.8 Å². The average Bonchev–Trinajstić information content (AvgIpc) is 2.39. The Bertz CT molecular complexity index is 533. The minimum absolute atomic E-state index is 0.0781. The van der Waals surface area contributed by atoms with Crippen LogP contribution in [0.25, 0.3) is 6.08 Å². The van der Waals surface area contributed by atoms with Gasteiger partial charge < -0.3 is 15.2 Å². The zero-order chi connectivity index (χ0) is 14.3. The molecule has 0 atom stereocenters. The molecule has 0 saturated heterocycles. The molecule has 0 aliphatic rings. The van der Waals surface area contributed by atoms with E-state index in [1.165, 1.54) is 0 Å². The van der Waals surface area contributed by atoms with Crippen molar-refractivity contribution in [1.82, 2.24) is 0 Å². The highest BCUT2D eigenvalue weighted by molar-refractivity contribution is 7.80. The SMILES string of the molecule is CCOc1ccc(/C=C(\C#N)C(N)=S)cc1OCC. The summed E-state index contributed by atoms with van der Waals surface area (Å²) in [7, 11) is 0. The first kappa shape index (κ1) is 15.0. The van der Waals surface area contributed by atoms with Crippen molar-refractivity contribution < 1.29 is 9.47 Å². The van der Waals surface area contributed by atoms with Gasteiger partial charge in [0.25, 0.3) is 0 Å². The lowest BCUT2D eigenvalue weighted by Gasteiger charge is -2.11. The highest BCUT2D eigenvalue weighted by atomic mass is 32.1. The molecule has 0 aliphatic carbocycles. The van der Waals surface area contributed by atoms with Gasteiger partial charge >= 0.3 is 0 Å². The number of rotatable bonds is 6. The number of benzene rings is 1. The van der Waals surface area contributed by atoms with E-state index >= 15 is 0 Å². The summed E-state index contributed by atoms with van der Waals surface area (Å²) >= 11 is 4.80. The summed E-state index contributed by atoms with van der Waals surface area (Å²) < 4.78 is 11.0. The lowest BCUT2D eigenvalue weighted by Crippen LogP contribution is -2.09. The van der Waals surface area contributed by atoms with Crippen molar-refractivity contribution in [2.75, 3.05) is 13.2 Å². The zero-order valence-corrected chi connectivity index (χ0v) is 11.8. The molecule has 4 nitrogen and oxygen atoms in total. The van der Waals surface area contributed by atoms with Crippen LogP contribution >= 0.6 is 12.2 Å². The molecule has 1 aromatic carbocycles. The highest BCUT2D eigenvalue weighted by Crippen LogP contribution is 2.29. The van der Waals surface area contributed by atoms with Crippen LogP contribution in [0.4, 0.5) is 0 Å². The summed E-state index contributed by atoms with van der Waals surface area (Å²) in [6.45, 7) is 4.90. The van der Waals surface area contributed by atoms with Crippen LogP contribution < -0.4 is 15.2 Å². The molecule has 0 amide bonds. The van der Waals surface area contributed by atoms with Crippen LogP contribution in [0.3, 0.4) is 0 Å². The molecule has 1 rings (SSSR count). The first-order valence-electron chi connectivity index (χ1n) is 5.93. The van der Waals surface area contributed by atoms with Crippen LogP contribution in [-0.4, -0.2) is 18.2 Å². The average molecular weight is 276 g/mol. The fraction of sp³-hybridized carbons (Fsp3) is 0.286. The Labute approximate surface area is 118 Å². The standard InChI is InChI=1S/C14H16N2O2S/c1-3-17-12-6-5-10(8-13(12)18-4-2)7-11(9-15)14(16)19/h5-8H,3-4H2,1-2H3,(H2,16,19)/b11-7+. The molecule has 5 heteroatoms. The predicted molar refractivity (Wildman–Crippen MR) is 79.2 cm³/mol. The van der Waals surface area contributed by atoms with E-state index in [0.717, 1.165) is 5.56 Å². The monoisotopic (exact) mass is 276 g/mol. The van der Waals surface area contributed by atoms with Crippen molar-refractivity contribution in [2.24, 2.45) is 5.73 Å². The lowest BCUT2D eigenvalue weighted by atomic mass is 10.1. The van der Waals surface area contributed by atoms with Gasteiger partial charge in [-0.2, -0.15) is 5.26 Å². The van der Waals surface area contributed by atoms with Gasteiger partial charge in [0.2, 0.25) is 0 Å². The third-order valence-corrected chi connectivity index (χ3v) is 2.48. The minimum atomic E-state index is 0.0781. The van der Waals surface area contributed by atoms with Crippen LogP contribution in [-0.2, 0) is 0 Å². The fourth-order valence-corrected chi connectivity index (χ4v) is 1.59. The largest absolute Gasteiger partial charge is 0.490 e. The van der Waals surface area contributed by atoms with Crippen molar-refractivity contribution in [2.45, 2.75) is 13.8 Å². The molecule has 0 bridgehead atoms. The van der Waals surface area contributed by atoms with Crippen molar-refractivity contribution in [3.63, 3.8) is 0 Å². The smallest absolute Gasteiger partial charge is 0.161 e. The first-order valence-corrected chi connectivity index (χ1v) is 6.34. The van der Waals surface area contributed by atoms with Crippen molar-refractivity contribution in [3.05, 3.63) is 29.3 Å². The first-order chi connectivity index (χ1) is 9.12. The number of nitrogens with zero attached hydrogens (tertiary/aromatic N) is 1. The molecule has 0 aromatic heterocycles. The molecule has 0 aliphatic heterocycles. The van der Waals surface area contributed by atoms with Crippen molar-refractivity contribution >= 4 is 23.3 Å². The molecule has 19 heavy (non-hydrogen) atoms. The quantitative estimate of drug-likeness (QED) is 0.491. The maximum Gasteiger partial charge on any atom is 0.161 e.